The van der Waals surface area contributed by atoms with E-state index in [2.05, 4.69) is 15.8 Å². The molecule has 0 saturated carbocycles. The quantitative estimate of drug-likeness (QED) is 0.300. The topological polar surface area (TPSA) is 123 Å². The third-order valence-electron chi connectivity index (χ3n) is 4.19. The number of anilines is 1. The Bertz CT molecular complexity index is 1150. The maximum absolute atomic E-state index is 13.0. The van der Waals surface area contributed by atoms with Crippen LogP contribution in [0.5, 0.6) is 5.75 Å². The number of carbonyl (C=O) groups excluding carboxylic acids is 3. The zero-order chi connectivity index (χ0) is 22.9. The Kier molecular flexibility index (Phi) is 7.26. The Labute approximate surface area is 182 Å². The zero-order valence-electron chi connectivity index (χ0n) is 16.7. The molecule has 0 aliphatic carbocycles. The molecule has 162 valence electrons. The molecule has 3 rings (SSSR count). The molecule has 0 aliphatic heterocycles. The van der Waals surface area contributed by atoms with Crippen LogP contribution in [-0.2, 0) is 16.2 Å². The molecule has 0 bridgehead atoms. The number of hydrogen-bond acceptors (Lipinski definition) is 5. The molecule has 3 aromatic rings. The third kappa shape index (κ3) is 6.49. The number of primary amides is 1. The minimum Gasteiger partial charge on any atom is -0.489 e. The smallest absolute Gasteiger partial charge is 0.329 e. The van der Waals surface area contributed by atoms with Crippen LogP contribution >= 0.6 is 0 Å². The Morgan fingerprint density at radius 3 is 2.38 bits per heavy atom. The second-order valence-electron chi connectivity index (χ2n) is 6.58. The van der Waals surface area contributed by atoms with Crippen molar-refractivity contribution in [3.63, 3.8) is 0 Å². The van der Waals surface area contributed by atoms with E-state index in [1.807, 2.05) is 0 Å². The Morgan fingerprint density at radius 2 is 1.69 bits per heavy atom. The van der Waals surface area contributed by atoms with E-state index in [9.17, 15) is 18.8 Å². The van der Waals surface area contributed by atoms with Gasteiger partial charge in [0.15, 0.2) is 0 Å². The average molecular weight is 434 g/mol. The van der Waals surface area contributed by atoms with E-state index in [-0.39, 0.29) is 18.0 Å². The Morgan fingerprint density at radius 1 is 0.969 bits per heavy atom. The van der Waals surface area contributed by atoms with Gasteiger partial charge in [0.05, 0.1) is 6.21 Å². The lowest BCUT2D eigenvalue weighted by Crippen LogP contribution is -2.32. The summed E-state index contributed by atoms with van der Waals surface area (Å²) in [6.45, 7) is 0.262. The molecule has 3 aromatic carbocycles. The van der Waals surface area contributed by atoms with Crippen molar-refractivity contribution in [2.75, 3.05) is 5.32 Å². The van der Waals surface area contributed by atoms with Gasteiger partial charge in [-0.15, -0.1) is 0 Å². The predicted molar refractivity (Wildman–Crippen MR) is 117 cm³/mol. The van der Waals surface area contributed by atoms with Gasteiger partial charge >= 0.3 is 11.8 Å². The molecule has 0 aliphatic rings. The van der Waals surface area contributed by atoms with Crippen LogP contribution in [0.25, 0.3) is 0 Å². The van der Waals surface area contributed by atoms with E-state index in [1.165, 1.54) is 42.6 Å². The van der Waals surface area contributed by atoms with Gasteiger partial charge in [-0.3, -0.25) is 14.4 Å². The number of halogens is 1. The molecule has 0 saturated heterocycles. The normalized spacial score (nSPS) is 10.5. The molecule has 3 amide bonds. The monoisotopic (exact) mass is 434 g/mol. The first kappa shape index (κ1) is 22.2. The highest BCUT2D eigenvalue weighted by atomic mass is 19.1. The average Bonchev–Trinajstić information content (AvgIpc) is 2.79. The lowest BCUT2D eigenvalue weighted by molar-refractivity contribution is -0.136. The second kappa shape index (κ2) is 10.5. The van der Waals surface area contributed by atoms with Crippen LogP contribution in [0.4, 0.5) is 10.1 Å². The number of amides is 3. The SMILES string of the molecule is NC(=O)c1ccc(NC(=O)C(=O)N/N=C/c2cccc(OCc3ccc(F)cc3)c2)cc1. The largest absolute Gasteiger partial charge is 0.489 e. The van der Waals surface area contributed by atoms with Crippen molar-refractivity contribution < 1.29 is 23.5 Å². The summed E-state index contributed by atoms with van der Waals surface area (Å²) in [6, 6.07) is 18.7. The van der Waals surface area contributed by atoms with E-state index >= 15 is 0 Å². The number of ether oxygens (including phenoxy) is 1. The molecular weight excluding hydrogens is 415 g/mol. The van der Waals surface area contributed by atoms with Gasteiger partial charge in [0.1, 0.15) is 18.2 Å². The van der Waals surface area contributed by atoms with Gasteiger partial charge in [-0.2, -0.15) is 5.10 Å². The first-order valence-electron chi connectivity index (χ1n) is 9.42. The lowest BCUT2D eigenvalue weighted by Gasteiger charge is -2.07. The van der Waals surface area contributed by atoms with Gasteiger partial charge < -0.3 is 15.8 Å². The van der Waals surface area contributed by atoms with Crippen LogP contribution in [0.1, 0.15) is 21.5 Å². The minimum atomic E-state index is -0.969. The molecule has 0 spiro atoms. The first-order valence-corrected chi connectivity index (χ1v) is 9.42. The van der Waals surface area contributed by atoms with Crippen molar-refractivity contribution in [2.45, 2.75) is 6.61 Å². The maximum atomic E-state index is 13.0. The van der Waals surface area contributed by atoms with Crippen LogP contribution in [0.15, 0.2) is 77.9 Å². The fourth-order valence-corrected chi connectivity index (χ4v) is 2.55. The summed E-state index contributed by atoms with van der Waals surface area (Å²) in [5, 5.41) is 6.15. The molecule has 0 fully saturated rings. The fourth-order valence-electron chi connectivity index (χ4n) is 2.55. The number of benzene rings is 3. The van der Waals surface area contributed by atoms with Crippen molar-refractivity contribution in [1.82, 2.24) is 5.43 Å². The van der Waals surface area contributed by atoms with Crippen LogP contribution in [-0.4, -0.2) is 23.9 Å². The maximum Gasteiger partial charge on any atom is 0.329 e. The molecule has 0 radical (unpaired) electrons. The molecule has 8 nitrogen and oxygen atoms in total. The zero-order valence-corrected chi connectivity index (χ0v) is 16.7. The van der Waals surface area contributed by atoms with Gasteiger partial charge in [0.25, 0.3) is 0 Å². The number of nitrogens with zero attached hydrogens (tertiary/aromatic N) is 1. The van der Waals surface area contributed by atoms with Crippen LogP contribution in [0.3, 0.4) is 0 Å². The highest BCUT2D eigenvalue weighted by Crippen LogP contribution is 2.14. The summed E-state index contributed by atoms with van der Waals surface area (Å²) in [7, 11) is 0. The molecular formula is C23H19FN4O4. The van der Waals surface area contributed by atoms with Crippen LogP contribution < -0.4 is 21.2 Å². The number of rotatable bonds is 7. The first-order chi connectivity index (χ1) is 15.4. The van der Waals surface area contributed by atoms with Crippen molar-refractivity contribution in [3.8, 4) is 5.75 Å². The number of hydrazone groups is 1. The molecule has 0 aromatic heterocycles. The number of nitrogens with two attached hydrogens (primary N) is 1. The van der Waals surface area contributed by atoms with Crippen LogP contribution in [0.2, 0.25) is 0 Å². The van der Waals surface area contributed by atoms with Gasteiger partial charge in [-0.1, -0.05) is 24.3 Å². The molecule has 4 N–H and O–H groups in total. The molecule has 0 unspecified atom stereocenters. The van der Waals surface area contributed by atoms with E-state index in [4.69, 9.17) is 10.5 Å². The van der Waals surface area contributed by atoms with E-state index in [1.54, 1.807) is 36.4 Å². The lowest BCUT2D eigenvalue weighted by atomic mass is 10.2. The number of carbonyl (C=O) groups is 3. The summed E-state index contributed by atoms with van der Waals surface area (Å²) in [5.41, 5.74) is 9.32. The van der Waals surface area contributed by atoms with Gasteiger partial charge in [0, 0.05) is 11.3 Å². The highest BCUT2D eigenvalue weighted by molar-refractivity contribution is 6.39. The van der Waals surface area contributed by atoms with E-state index in [0.717, 1.165) is 5.56 Å². The summed E-state index contributed by atoms with van der Waals surface area (Å²) in [6.07, 6.45) is 1.36. The number of hydrogen-bond donors (Lipinski definition) is 3. The summed E-state index contributed by atoms with van der Waals surface area (Å²) in [5.74, 6) is -2.25. The molecule has 0 atom stereocenters. The minimum absolute atomic E-state index is 0.262. The standard InChI is InChI=1S/C23H19FN4O4/c24-18-8-4-15(5-9-18)14-32-20-3-1-2-16(12-20)13-26-28-23(31)22(30)27-19-10-6-17(7-11-19)21(25)29/h1-13H,14H2,(H2,25,29)(H,27,30)(H,28,31)/b26-13+. The van der Waals surface area contributed by atoms with Crippen LogP contribution in [0, 0.1) is 5.82 Å². The Hall–Kier alpha value is -4.53. The third-order valence-corrected chi connectivity index (χ3v) is 4.19. The van der Waals surface area contributed by atoms with E-state index in [0.29, 0.717) is 17.0 Å². The van der Waals surface area contributed by atoms with Gasteiger partial charge in [-0.05, 0) is 59.7 Å². The molecule has 0 heterocycles. The van der Waals surface area contributed by atoms with Crippen molar-refractivity contribution in [1.29, 1.82) is 0 Å². The number of nitrogens with one attached hydrogen (secondary N) is 2. The highest BCUT2D eigenvalue weighted by Gasteiger charge is 2.13. The second-order valence-corrected chi connectivity index (χ2v) is 6.58. The molecule has 9 heteroatoms. The van der Waals surface area contributed by atoms with Crippen molar-refractivity contribution >= 4 is 29.6 Å². The summed E-state index contributed by atoms with van der Waals surface area (Å²) >= 11 is 0. The molecule has 32 heavy (non-hydrogen) atoms. The van der Waals surface area contributed by atoms with Gasteiger partial charge in [0.2, 0.25) is 5.91 Å². The van der Waals surface area contributed by atoms with Crippen molar-refractivity contribution in [2.24, 2.45) is 10.8 Å². The van der Waals surface area contributed by atoms with E-state index < -0.39 is 17.7 Å². The summed E-state index contributed by atoms with van der Waals surface area (Å²) in [4.78, 5) is 34.9. The Balaban J connectivity index is 1.50. The fraction of sp³-hybridized carbons (Fsp3) is 0.0435. The van der Waals surface area contributed by atoms with Gasteiger partial charge in [-0.25, -0.2) is 9.82 Å². The predicted octanol–water partition coefficient (Wildman–Crippen LogP) is 2.59. The summed E-state index contributed by atoms with van der Waals surface area (Å²) < 4.78 is 18.6. The van der Waals surface area contributed by atoms with Crippen molar-refractivity contribution in [3.05, 3.63) is 95.3 Å².